The van der Waals surface area contributed by atoms with Gasteiger partial charge in [0.25, 0.3) is 5.91 Å². The van der Waals surface area contributed by atoms with Gasteiger partial charge in [0, 0.05) is 18.7 Å². The number of nitrogens with zero attached hydrogens (tertiary/aromatic N) is 1. The van der Waals surface area contributed by atoms with Crippen molar-refractivity contribution < 1.29 is 4.79 Å². The highest BCUT2D eigenvalue weighted by molar-refractivity contribution is 5.94. The highest BCUT2D eigenvalue weighted by Crippen LogP contribution is 2.22. The van der Waals surface area contributed by atoms with Crippen molar-refractivity contribution in [3.63, 3.8) is 0 Å². The molecule has 0 aliphatic carbocycles. The molecule has 1 aliphatic rings. The number of carbonyl (C=O) groups is 1. The van der Waals surface area contributed by atoms with E-state index in [9.17, 15) is 4.79 Å². The predicted molar refractivity (Wildman–Crippen MR) is 112 cm³/mol. The largest absolute Gasteiger partial charge is 0.352 e. The lowest BCUT2D eigenvalue weighted by atomic mass is 9.86. The molecule has 1 amide bonds. The van der Waals surface area contributed by atoms with Crippen molar-refractivity contribution in [2.45, 2.75) is 45.6 Å². The standard InChI is InChI=1S/C24H32N2O/c1-24(2,3)22-11-9-21(10-12-22)23(27)25-17-19-13-15-26(16-14-19)18-20-7-5-4-6-8-20/h4-12,19H,13-18H2,1-3H3,(H,25,27). The van der Waals surface area contributed by atoms with Gasteiger partial charge in [-0.3, -0.25) is 9.69 Å². The number of benzene rings is 2. The van der Waals surface area contributed by atoms with Gasteiger partial charge in [-0.15, -0.1) is 0 Å². The molecule has 1 heterocycles. The first-order chi connectivity index (χ1) is 12.9. The molecule has 0 radical (unpaired) electrons. The van der Waals surface area contributed by atoms with Gasteiger partial charge in [0.2, 0.25) is 0 Å². The monoisotopic (exact) mass is 364 g/mol. The quantitative estimate of drug-likeness (QED) is 0.839. The van der Waals surface area contributed by atoms with Gasteiger partial charge in [-0.05, 0) is 60.5 Å². The average Bonchev–Trinajstić information content (AvgIpc) is 2.67. The maximum Gasteiger partial charge on any atom is 0.251 e. The van der Waals surface area contributed by atoms with E-state index >= 15 is 0 Å². The second kappa shape index (κ2) is 8.71. The molecule has 1 fully saturated rings. The Balaban J connectivity index is 1.42. The van der Waals surface area contributed by atoms with Crippen LogP contribution >= 0.6 is 0 Å². The third-order valence-corrected chi connectivity index (χ3v) is 5.52. The fourth-order valence-corrected chi connectivity index (χ4v) is 3.65. The Kier molecular flexibility index (Phi) is 6.33. The van der Waals surface area contributed by atoms with Crippen molar-refractivity contribution >= 4 is 5.91 Å². The zero-order valence-corrected chi connectivity index (χ0v) is 16.9. The van der Waals surface area contributed by atoms with Gasteiger partial charge in [-0.25, -0.2) is 0 Å². The Morgan fingerprint density at radius 2 is 1.63 bits per heavy atom. The molecule has 3 nitrogen and oxygen atoms in total. The fourth-order valence-electron chi connectivity index (χ4n) is 3.65. The summed E-state index contributed by atoms with van der Waals surface area (Å²) < 4.78 is 0. The molecule has 0 saturated carbocycles. The molecule has 27 heavy (non-hydrogen) atoms. The van der Waals surface area contributed by atoms with Crippen LogP contribution < -0.4 is 5.32 Å². The highest BCUT2D eigenvalue weighted by atomic mass is 16.1. The summed E-state index contributed by atoms with van der Waals surface area (Å²) in [6, 6.07) is 18.7. The maximum absolute atomic E-state index is 12.4. The first-order valence-corrected chi connectivity index (χ1v) is 10.1. The van der Waals surface area contributed by atoms with Gasteiger partial charge in [0.05, 0.1) is 0 Å². The third-order valence-electron chi connectivity index (χ3n) is 5.52. The minimum atomic E-state index is 0.0437. The van der Waals surface area contributed by atoms with Gasteiger partial charge in [-0.2, -0.15) is 0 Å². The summed E-state index contributed by atoms with van der Waals surface area (Å²) >= 11 is 0. The minimum Gasteiger partial charge on any atom is -0.352 e. The van der Waals surface area contributed by atoms with E-state index in [1.165, 1.54) is 11.1 Å². The SMILES string of the molecule is CC(C)(C)c1ccc(C(=O)NCC2CCN(Cc3ccccc3)CC2)cc1. The summed E-state index contributed by atoms with van der Waals surface area (Å²) in [5, 5.41) is 3.13. The summed E-state index contributed by atoms with van der Waals surface area (Å²) in [5.74, 6) is 0.622. The lowest BCUT2D eigenvalue weighted by molar-refractivity contribution is 0.0935. The van der Waals surface area contributed by atoms with Crippen LogP contribution in [0.25, 0.3) is 0 Å². The van der Waals surface area contributed by atoms with Crippen LogP contribution in [0, 0.1) is 5.92 Å². The summed E-state index contributed by atoms with van der Waals surface area (Å²) in [5.41, 5.74) is 3.50. The Morgan fingerprint density at radius 3 is 2.22 bits per heavy atom. The van der Waals surface area contributed by atoms with E-state index in [0.717, 1.165) is 44.6 Å². The first kappa shape index (κ1) is 19.6. The van der Waals surface area contributed by atoms with E-state index in [1.54, 1.807) is 0 Å². The summed E-state index contributed by atoms with van der Waals surface area (Å²) in [6.45, 7) is 10.6. The van der Waals surface area contributed by atoms with Crippen molar-refractivity contribution in [3.8, 4) is 0 Å². The Labute approximate surface area is 163 Å². The molecule has 2 aromatic rings. The zero-order valence-electron chi connectivity index (χ0n) is 16.9. The molecule has 1 aliphatic heterocycles. The molecule has 3 rings (SSSR count). The highest BCUT2D eigenvalue weighted by Gasteiger charge is 2.20. The van der Waals surface area contributed by atoms with E-state index in [1.807, 2.05) is 12.1 Å². The van der Waals surface area contributed by atoms with Crippen LogP contribution in [-0.4, -0.2) is 30.4 Å². The molecule has 0 bridgehead atoms. The number of nitrogens with one attached hydrogen (secondary N) is 1. The van der Waals surface area contributed by atoms with Crippen LogP contribution in [0.2, 0.25) is 0 Å². The number of piperidine rings is 1. The molecule has 0 spiro atoms. The minimum absolute atomic E-state index is 0.0437. The van der Waals surface area contributed by atoms with Crippen molar-refractivity contribution in [2.24, 2.45) is 5.92 Å². The molecule has 0 aromatic heterocycles. The molecule has 2 aromatic carbocycles. The molecular formula is C24H32N2O. The smallest absolute Gasteiger partial charge is 0.251 e. The Morgan fingerprint density at radius 1 is 1.00 bits per heavy atom. The first-order valence-electron chi connectivity index (χ1n) is 10.1. The topological polar surface area (TPSA) is 32.3 Å². The average molecular weight is 365 g/mol. The van der Waals surface area contributed by atoms with Crippen LogP contribution in [-0.2, 0) is 12.0 Å². The lowest BCUT2D eigenvalue weighted by Crippen LogP contribution is -2.38. The molecule has 0 unspecified atom stereocenters. The van der Waals surface area contributed by atoms with Crippen molar-refractivity contribution in [1.29, 1.82) is 0 Å². The number of hydrogen-bond donors (Lipinski definition) is 1. The number of hydrogen-bond acceptors (Lipinski definition) is 2. The van der Waals surface area contributed by atoms with Crippen LogP contribution in [0.15, 0.2) is 54.6 Å². The lowest BCUT2D eigenvalue weighted by Gasteiger charge is -2.32. The van der Waals surface area contributed by atoms with E-state index in [2.05, 4.69) is 73.5 Å². The van der Waals surface area contributed by atoms with E-state index in [-0.39, 0.29) is 11.3 Å². The van der Waals surface area contributed by atoms with E-state index in [4.69, 9.17) is 0 Å². The summed E-state index contributed by atoms with van der Waals surface area (Å²) in [7, 11) is 0. The van der Waals surface area contributed by atoms with Crippen LogP contribution in [0.3, 0.4) is 0 Å². The van der Waals surface area contributed by atoms with Gasteiger partial charge in [-0.1, -0.05) is 63.2 Å². The van der Waals surface area contributed by atoms with E-state index in [0.29, 0.717) is 5.92 Å². The molecule has 3 heteroatoms. The van der Waals surface area contributed by atoms with Gasteiger partial charge in [0.15, 0.2) is 0 Å². The van der Waals surface area contributed by atoms with E-state index < -0.39 is 0 Å². The molecule has 0 atom stereocenters. The van der Waals surface area contributed by atoms with Gasteiger partial charge < -0.3 is 5.32 Å². The number of carbonyl (C=O) groups excluding carboxylic acids is 1. The van der Waals surface area contributed by atoms with Crippen LogP contribution in [0.1, 0.15) is 55.1 Å². The van der Waals surface area contributed by atoms with Crippen molar-refractivity contribution in [3.05, 3.63) is 71.3 Å². The summed E-state index contributed by atoms with van der Waals surface area (Å²) in [4.78, 5) is 14.9. The molecule has 1 saturated heterocycles. The zero-order chi connectivity index (χ0) is 19.3. The second-order valence-corrected chi connectivity index (χ2v) is 8.74. The summed E-state index contributed by atoms with van der Waals surface area (Å²) in [6.07, 6.45) is 2.30. The van der Waals surface area contributed by atoms with Crippen molar-refractivity contribution in [2.75, 3.05) is 19.6 Å². The molecule has 1 N–H and O–H groups in total. The molecular weight excluding hydrogens is 332 g/mol. The van der Waals surface area contributed by atoms with Gasteiger partial charge >= 0.3 is 0 Å². The van der Waals surface area contributed by atoms with Crippen LogP contribution in [0.4, 0.5) is 0 Å². The van der Waals surface area contributed by atoms with Crippen molar-refractivity contribution in [1.82, 2.24) is 10.2 Å². The third kappa shape index (κ3) is 5.67. The maximum atomic E-state index is 12.4. The Bertz CT molecular complexity index is 723. The van der Waals surface area contributed by atoms with Crippen LogP contribution in [0.5, 0.6) is 0 Å². The number of likely N-dealkylation sites (tertiary alicyclic amines) is 1. The number of amides is 1. The second-order valence-electron chi connectivity index (χ2n) is 8.74. The molecule has 144 valence electrons. The van der Waals surface area contributed by atoms with Gasteiger partial charge in [0.1, 0.15) is 0 Å². The predicted octanol–water partition coefficient (Wildman–Crippen LogP) is 4.63. The fraction of sp³-hybridized carbons (Fsp3) is 0.458. The normalized spacial score (nSPS) is 16.3. The number of rotatable bonds is 5. The Hall–Kier alpha value is -2.13.